The van der Waals surface area contributed by atoms with E-state index in [1.807, 2.05) is 0 Å². The van der Waals surface area contributed by atoms with Crippen LogP contribution in [0.3, 0.4) is 0 Å². The van der Waals surface area contributed by atoms with Gasteiger partial charge in [-0.3, -0.25) is 0 Å². The summed E-state index contributed by atoms with van der Waals surface area (Å²) >= 11 is 0. The molecule has 0 fully saturated rings. The minimum Gasteiger partial charge on any atom is -0.477 e. The molecule has 1 aromatic rings. The van der Waals surface area contributed by atoms with Crippen LogP contribution >= 0.6 is 0 Å². The zero-order valence-corrected chi connectivity index (χ0v) is 9.04. The number of nitrogens with zero attached hydrogens (tertiary/aromatic N) is 1. The normalized spacial score (nSPS) is 12.6. The van der Waals surface area contributed by atoms with E-state index in [-0.39, 0.29) is 5.56 Å². The molecule has 7 heteroatoms. The van der Waals surface area contributed by atoms with Gasteiger partial charge in [0.1, 0.15) is 5.69 Å². The Balaban J connectivity index is 3.43. The topological polar surface area (TPSA) is 70.4 Å². The molecule has 94 valence electrons. The molecule has 0 atom stereocenters. The van der Waals surface area contributed by atoms with Gasteiger partial charge in [0, 0.05) is 5.56 Å². The standard InChI is InChI=1S/C10H10F3NO3/c1-9(2,17)5-3-4-6(10(11,12)13)14-7(5)8(15)16/h3-4,17H,1-2H3,(H,15,16). The fourth-order valence-electron chi connectivity index (χ4n) is 1.27. The van der Waals surface area contributed by atoms with Crippen molar-refractivity contribution in [2.24, 2.45) is 0 Å². The number of hydrogen-bond acceptors (Lipinski definition) is 3. The SMILES string of the molecule is CC(C)(O)c1ccc(C(F)(F)F)nc1C(=O)O. The Kier molecular flexibility index (Phi) is 3.15. The Bertz CT molecular complexity index is 449. The van der Waals surface area contributed by atoms with Crippen LogP contribution in [0.5, 0.6) is 0 Å². The van der Waals surface area contributed by atoms with Crippen LogP contribution < -0.4 is 0 Å². The number of rotatable bonds is 2. The molecule has 1 heterocycles. The van der Waals surface area contributed by atoms with Gasteiger partial charge in [-0.1, -0.05) is 6.07 Å². The number of aromatic carboxylic acids is 1. The van der Waals surface area contributed by atoms with Crippen molar-refractivity contribution < 1.29 is 28.2 Å². The first-order valence-corrected chi connectivity index (χ1v) is 4.58. The maximum atomic E-state index is 12.3. The second-order valence-electron chi connectivity index (χ2n) is 3.95. The van der Waals surface area contributed by atoms with E-state index in [2.05, 4.69) is 4.98 Å². The molecule has 4 nitrogen and oxygen atoms in total. The van der Waals surface area contributed by atoms with Crippen LogP contribution in [0.2, 0.25) is 0 Å². The molecule has 0 aliphatic heterocycles. The van der Waals surface area contributed by atoms with Gasteiger partial charge < -0.3 is 10.2 Å². The number of carboxylic acids is 1. The van der Waals surface area contributed by atoms with Gasteiger partial charge in [0.2, 0.25) is 0 Å². The summed E-state index contributed by atoms with van der Waals surface area (Å²) in [4.78, 5) is 13.8. The lowest BCUT2D eigenvalue weighted by molar-refractivity contribution is -0.141. The van der Waals surface area contributed by atoms with Crippen LogP contribution in [0.4, 0.5) is 13.2 Å². The van der Waals surface area contributed by atoms with Crippen molar-refractivity contribution >= 4 is 5.97 Å². The highest BCUT2D eigenvalue weighted by Crippen LogP contribution is 2.30. The van der Waals surface area contributed by atoms with Crippen LogP contribution in [0, 0.1) is 0 Å². The van der Waals surface area contributed by atoms with E-state index < -0.39 is 29.1 Å². The van der Waals surface area contributed by atoms with Crippen molar-refractivity contribution in [3.63, 3.8) is 0 Å². The fourth-order valence-corrected chi connectivity index (χ4v) is 1.27. The number of carboxylic acid groups (broad SMARTS) is 1. The number of alkyl halides is 3. The molecule has 0 spiro atoms. The Hall–Kier alpha value is -1.63. The van der Waals surface area contributed by atoms with Crippen LogP contribution in [-0.2, 0) is 11.8 Å². The second kappa shape index (κ2) is 3.99. The highest BCUT2D eigenvalue weighted by Gasteiger charge is 2.35. The predicted octanol–water partition coefficient (Wildman–Crippen LogP) is 2.03. The van der Waals surface area contributed by atoms with Gasteiger partial charge >= 0.3 is 12.1 Å². The predicted molar refractivity (Wildman–Crippen MR) is 51.4 cm³/mol. The average Bonchev–Trinajstić information content (AvgIpc) is 2.14. The van der Waals surface area contributed by atoms with Gasteiger partial charge in [0.05, 0.1) is 5.60 Å². The van der Waals surface area contributed by atoms with E-state index in [0.29, 0.717) is 6.07 Å². The van der Waals surface area contributed by atoms with Gasteiger partial charge in [0.25, 0.3) is 0 Å². The van der Waals surface area contributed by atoms with E-state index >= 15 is 0 Å². The van der Waals surface area contributed by atoms with Crippen molar-refractivity contribution in [2.45, 2.75) is 25.6 Å². The zero-order valence-electron chi connectivity index (χ0n) is 9.04. The highest BCUT2D eigenvalue weighted by atomic mass is 19.4. The molecule has 0 amide bonds. The molecular weight excluding hydrogens is 239 g/mol. The summed E-state index contributed by atoms with van der Waals surface area (Å²) < 4.78 is 37.0. The summed E-state index contributed by atoms with van der Waals surface area (Å²) in [5.74, 6) is -1.62. The molecule has 1 aromatic heterocycles. The number of carbonyl (C=O) groups is 1. The first-order valence-electron chi connectivity index (χ1n) is 4.58. The van der Waals surface area contributed by atoms with E-state index in [1.54, 1.807) is 0 Å². The molecule has 0 aromatic carbocycles. The number of pyridine rings is 1. The summed E-state index contributed by atoms with van der Waals surface area (Å²) in [7, 11) is 0. The summed E-state index contributed by atoms with van der Waals surface area (Å²) in [6, 6.07) is 1.55. The lowest BCUT2D eigenvalue weighted by atomic mass is 9.96. The lowest BCUT2D eigenvalue weighted by Crippen LogP contribution is -2.23. The number of aliphatic hydroxyl groups is 1. The Morgan fingerprint density at radius 3 is 2.18 bits per heavy atom. The molecule has 0 aliphatic carbocycles. The molecule has 0 unspecified atom stereocenters. The van der Waals surface area contributed by atoms with Crippen LogP contribution in [0.25, 0.3) is 0 Å². The zero-order chi connectivity index (χ0) is 13.4. The average molecular weight is 249 g/mol. The van der Waals surface area contributed by atoms with Crippen molar-refractivity contribution in [3.8, 4) is 0 Å². The largest absolute Gasteiger partial charge is 0.477 e. The monoisotopic (exact) mass is 249 g/mol. The minimum atomic E-state index is -4.72. The third kappa shape index (κ3) is 2.94. The third-order valence-corrected chi connectivity index (χ3v) is 2.05. The van der Waals surface area contributed by atoms with Gasteiger partial charge in [0.15, 0.2) is 5.69 Å². The van der Waals surface area contributed by atoms with Gasteiger partial charge in [-0.25, -0.2) is 9.78 Å². The quantitative estimate of drug-likeness (QED) is 0.841. The molecule has 0 saturated heterocycles. The number of aromatic nitrogens is 1. The highest BCUT2D eigenvalue weighted by molar-refractivity contribution is 5.87. The molecule has 0 radical (unpaired) electrons. The fraction of sp³-hybridized carbons (Fsp3) is 0.400. The first kappa shape index (κ1) is 13.4. The van der Waals surface area contributed by atoms with Crippen LogP contribution in [-0.4, -0.2) is 21.2 Å². The van der Waals surface area contributed by atoms with Crippen molar-refractivity contribution in [3.05, 3.63) is 29.1 Å². The molecular formula is C10H10F3NO3. The van der Waals surface area contributed by atoms with Gasteiger partial charge in [-0.15, -0.1) is 0 Å². The first-order chi connectivity index (χ1) is 7.53. The lowest BCUT2D eigenvalue weighted by Gasteiger charge is -2.20. The molecule has 0 aliphatic rings. The third-order valence-electron chi connectivity index (χ3n) is 2.05. The van der Waals surface area contributed by atoms with Crippen LogP contribution in [0.1, 0.15) is 35.6 Å². The Morgan fingerprint density at radius 1 is 1.29 bits per heavy atom. The summed E-state index contributed by atoms with van der Waals surface area (Å²) in [5, 5.41) is 18.4. The maximum Gasteiger partial charge on any atom is 0.433 e. The van der Waals surface area contributed by atoms with Crippen molar-refractivity contribution in [1.29, 1.82) is 0 Å². The van der Waals surface area contributed by atoms with Crippen molar-refractivity contribution in [1.82, 2.24) is 4.98 Å². The van der Waals surface area contributed by atoms with Crippen LogP contribution in [0.15, 0.2) is 12.1 Å². The Morgan fingerprint density at radius 2 is 1.82 bits per heavy atom. The van der Waals surface area contributed by atoms with E-state index in [4.69, 9.17) is 5.11 Å². The van der Waals surface area contributed by atoms with E-state index in [1.165, 1.54) is 13.8 Å². The van der Waals surface area contributed by atoms with E-state index in [9.17, 15) is 23.1 Å². The summed E-state index contributed by atoms with van der Waals surface area (Å²) in [5.41, 5.74) is -3.85. The Labute approximate surface area is 94.7 Å². The molecule has 0 bridgehead atoms. The molecule has 2 N–H and O–H groups in total. The second-order valence-corrected chi connectivity index (χ2v) is 3.95. The summed E-state index contributed by atoms with van der Waals surface area (Å²) in [6.45, 7) is 2.54. The minimum absolute atomic E-state index is 0.169. The number of hydrogen-bond donors (Lipinski definition) is 2. The van der Waals surface area contributed by atoms with Gasteiger partial charge in [-0.05, 0) is 19.9 Å². The number of halogens is 3. The van der Waals surface area contributed by atoms with Crippen molar-refractivity contribution in [2.75, 3.05) is 0 Å². The molecule has 1 rings (SSSR count). The van der Waals surface area contributed by atoms with E-state index in [0.717, 1.165) is 6.07 Å². The molecule has 0 saturated carbocycles. The van der Waals surface area contributed by atoms with Gasteiger partial charge in [-0.2, -0.15) is 13.2 Å². The maximum absolute atomic E-state index is 12.3. The molecule has 17 heavy (non-hydrogen) atoms. The smallest absolute Gasteiger partial charge is 0.433 e. The summed E-state index contributed by atoms with van der Waals surface area (Å²) in [6.07, 6.45) is -4.72.